The molecule has 0 fully saturated rings. The van der Waals surface area contributed by atoms with Gasteiger partial charge >= 0.3 is 0 Å². The van der Waals surface area contributed by atoms with Gasteiger partial charge in [-0.2, -0.15) is 5.10 Å². The van der Waals surface area contributed by atoms with Gasteiger partial charge in [-0.25, -0.2) is 4.39 Å². The van der Waals surface area contributed by atoms with Crippen LogP contribution in [0.5, 0.6) is 0 Å². The summed E-state index contributed by atoms with van der Waals surface area (Å²) in [4.78, 5) is 10.8. The molecular formula is C11H9FN2O. The Labute approximate surface area is 86.2 Å². The lowest BCUT2D eigenvalue weighted by atomic mass is 10.1. The van der Waals surface area contributed by atoms with Crippen LogP contribution < -0.4 is 0 Å². The zero-order valence-electron chi connectivity index (χ0n) is 8.14. The van der Waals surface area contributed by atoms with Gasteiger partial charge in [-0.3, -0.25) is 9.48 Å². The van der Waals surface area contributed by atoms with E-state index in [-0.39, 0.29) is 5.82 Å². The summed E-state index contributed by atoms with van der Waals surface area (Å²) in [6.45, 7) is 0. The molecule has 76 valence electrons. The van der Waals surface area contributed by atoms with Crippen molar-refractivity contribution in [2.75, 3.05) is 0 Å². The van der Waals surface area contributed by atoms with E-state index in [1.54, 1.807) is 24.0 Å². The SMILES string of the molecule is Cn1ccc(-c2cc(F)ccc2C=O)n1. The van der Waals surface area contributed by atoms with Gasteiger partial charge in [-0.15, -0.1) is 0 Å². The molecule has 0 aliphatic carbocycles. The van der Waals surface area contributed by atoms with Crippen molar-refractivity contribution in [2.45, 2.75) is 0 Å². The van der Waals surface area contributed by atoms with Crippen LogP contribution in [0.25, 0.3) is 11.3 Å². The number of aryl methyl sites for hydroxylation is 1. The first kappa shape index (κ1) is 9.58. The molecule has 0 radical (unpaired) electrons. The summed E-state index contributed by atoms with van der Waals surface area (Å²) in [6.07, 6.45) is 2.44. The smallest absolute Gasteiger partial charge is 0.150 e. The molecule has 0 bridgehead atoms. The maximum Gasteiger partial charge on any atom is 0.150 e. The third kappa shape index (κ3) is 1.79. The fourth-order valence-electron chi connectivity index (χ4n) is 1.41. The number of aldehydes is 1. The highest BCUT2D eigenvalue weighted by atomic mass is 19.1. The normalized spacial score (nSPS) is 10.3. The number of carbonyl (C=O) groups is 1. The molecule has 0 saturated carbocycles. The summed E-state index contributed by atoms with van der Waals surface area (Å²) in [5, 5.41) is 4.12. The summed E-state index contributed by atoms with van der Waals surface area (Å²) in [5.41, 5.74) is 1.56. The van der Waals surface area contributed by atoms with Gasteiger partial charge in [0.05, 0.1) is 5.69 Å². The highest BCUT2D eigenvalue weighted by Crippen LogP contribution is 2.21. The first-order valence-corrected chi connectivity index (χ1v) is 4.45. The number of benzene rings is 1. The van der Waals surface area contributed by atoms with Crippen LogP contribution in [0, 0.1) is 5.82 Å². The predicted octanol–water partition coefficient (Wildman–Crippen LogP) is 2.04. The van der Waals surface area contributed by atoms with Gasteiger partial charge in [0.1, 0.15) is 5.82 Å². The lowest BCUT2D eigenvalue weighted by molar-refractivity contribution is 0.112. The van der Waals surface area contributed by atoms with Crippen LogP contribution in [0.3, 0.4) is 0 Å². The Morgan fingerprint density at radius 2 is 2.20 bits per heavy atom. The van der Waals surface area contributed by atoms with Crippen LogP contribution in [-0.2, 0) is 7.05 Å². The molecule has 0 saturated heterocycles. The molecule has 0 unspecified atom stereocenters. The molecule has 0 amide bonds. The highest BCUT2D eigenvalue weighted by molar-refractivity contribution is 5.86. The summed E-state index contributed by atoms with van der Waals surface area (Å²) in [6, 6.07) is 5.76. The zero-order valence-corrected chi connectivity index (χ0v) is 8.14. The predicted molar refractivity (Wildman–Crippen MR) is 54.0 cm³/mol. The summed E-state index contributed by atoms with van der Waals surface area (Å²) in [5.74, 6) is -0.374. The van der Waals surface area contributed by atoms with Gasteiger partial charge in [0, 0.05) is 24.4 Å². The van der Waals surface area contributed by atoms with Gasteiger partial charge in [-0.05, 0) is 24.3 Å². The molecule has 1 aromatic carbocycles. The Bertz CT molecular complexity index is 505. The number of hydrogen-bond acceptors (Lipinski definition) is 2. The highest BCUT2D eigenvalue weighted by Gasteiger charge is 2.08. The molecule has 0 atom stereocenters. The van der Waals surface area contributed by atoms with Gasteiger partial charge in [-0.1, -0.05) is 0 Å². The average molecular weight is 204 g/mol. The van der Waals surface area contributed by atoms with Crippen LogP contribution in [0.2, 0.25) is 0 Å². The van der Waals surface area contributed by atoms with Crippen molar-refractivity contribution < 1.29 is 9.18 Å². The first-order valence-electron chi connectivity index (χ1n) is 4.45. The van der Waals surface area contributed by atoms with E-state index in [0.717, 1.165) is 0 Å². The molecule has 0 aliphatic rings. The maximum absolute atomic E-state index is 13.0. The standard InChI is InChI=1S/C11H9FN2O/c1-14-5-4-11(13-14)10-6-9(12)3-2-8(10)7-15/h2-7H,1H3. The van der Waals surface area contributed by atoms with Crippen molar-refractivity contribution in [3.05, 3.63) is 41.8 Å². The number of aromatic nitrogens is 2. The fraction of sp³-hybridized carbons (Fsp3) is 0.0909. The van der Waals surface area contributed by atoms with E-state index >= 15 is 0 Å². The Kier molecular flexibility index (Phi) is 2.33. The molecule has 15 heavy (non-hydrogen) atoms. The minimum atomic E-state index is -0.374. The monoisotopic (exact) mass is 204 g/mol. The molecule has 0 spiro atoms. The summed E-state index contributed by atoms with van der Waals surface area (Å²) < 4.78 is 14.6. The molecule has 2 aromatic rings. The van der Waals surface area contributed by atoms with Crippen molar-refractivity contribution in [3.8, 4) is 11.3 Å². The number of halogens is 1. The molecular weight excluding hydrogens is 195 g/mol. The van der Waals surface area contributed by atoms with Crippen LogP contribution in [0.4, 0.5) is 4.39 Å². The van der Waals surface area contributed by atoms with Crippen molar-refractivity contribution in [3.63, 3.8) is 0 Å². The molecule has 2 rings (SSSR count). The number of hydrogen-bond donors (Lipinski definition) is 0. The lowest BCUT2D eigenvalue weighted by Gasteiger charge is -2.00. The second-order valence-electron chi connectivity index (χ2n) is 3.22. The molecule has 0 aliphatic heterocycles. The van der Waals surface area contributed by atoms with E-state index in [9.17, 15) is 9.18 Å². The van der Waals surface area contributed by atoms with Gasteiger partial charge in [0.15, 0.2) is 6.29 Å². The Morgan fingerprint density at radius 1 is 1.40 bits per heavy atom. The minimum Gasteiger partial charge on any atom is -0.298 e. The third-order valence-electron chi connectivity index (χ3n) is 2.13. The second kappa shape index (κ2) is 3.65. The summed E-state index contributed by atoms with van der Waals surface area (Å²) >= 11 is 0. The molecule has 3 nitrogen and oxygen atoms in total. The van der Waals surface area contributed by atoms with Crippen LogP contribution in [-0.4, -0.2) is 16.1 Å². The molecule has 0 N–H and O–H groups in total. The second-order valence-corrected chi connectivity index (χ2v) is 3.22. The fourth-order valence-corrected chi connectivity index (χ4v) is 1.41. The average Bonchev–Trinajstić information content (AvgIpc) is 2.65. The topological polar surface area (TPSA) is 34.9 Å². The Balaban J connectivity index is 2.59. The van der Waals surface area contributed by atoms with Crippen LogP contribution in [0.1, 0.15) is 10.4 Å². The molecule has 1 heterocycles. The van der Waals surface area contributed by atoms with E-state index in [4.69, 9.17) is 0 Å². The molecule has 1 aromatic heterocycles. The maximum atomic E-state index is 13.0. The van der Waals surface area contributed by atoms with E-state index in [0.29, 0.717) is 23.1 Å². The lowest BCUT2D eigenvalue weighted by Crippen LogP contribution is -1.92. The van der Waals surface area contributed by atoms with E-state index < -0.39 is 0 Å². The van der Waals surface area contributed by atoms with Crippen molar-refractivity contribution in [1.29, 1.82) is 0 Å². The minimum absolute atomic E-state index is 0.374. The molecule has 4 heteroatoms. The van der Waals surface area contributed by atoms with Crippen LogP contribution in [0.15, 0.2) is 30.5 Å². The zero-order chi connectivity index (χ0) is 10.8. The largest absolute Gasteiger partial charge is 0.298 e. The van der Waals surface area contributed by atoms with E-state index in [1.165, 1.54) is 18.2 Å². The van der Waals surface area contributed by atoms with Gasteiger partial charge in [0.2, 0.25) is 0 Å². The van der Waals surface area contributed by atoms with Crippen molar-refractivity contribution >= 4 is 6.29 Å². The van der Waals surface area contributed by atoms with Gasteiger partial charge in [0.25, 0.3) is 0 Å². The van der Waals surface area contributed by atoms with E-state index in [2.05, 4.69) is 5.10 Å². The first-order chi connectivity index (χ1) is 7.20. The van der Waals surface area contributed by atoms with Crippen molar-refractivity contribution in [2.24, 2.45) is 7.05 Å². The number of rotatable bonds is 2. The van der Waals surface area contributed by atoms with E-state index in [1.807, 2.05) is 0 Å². The van der Waals surface area contributed by atoms with Crippen molar-refractivity contribution in [1.82, 2.24) is 9.78 Å². The van der Waals surface area contributed by atoms with Crippen LogP contribution >= 0.6 is 0 Å². The quantitative estimate of drug-likeness (QED) is 0.701. The third-order valence-corrected chi connectivity index (χ3v) is 2.13. The number of nitrogens with zero attached hydrogens (tertiary/aromatic N) is 2. The summed E-state index contributed by atoms with van der Waals surface area (Å²) in [7, 11) is 1.77. The number of carbonyl (C=O) groups excluding carboxylic acids is 1. The Hall–Kier alpha value is -1.97. The Morgan fingerprint density at radius 3 is 2.80 bits per heavy atom. The van der Waals surface area contributed by atoms with Gasteiger partial charge < -0.3 is 0 Å².